The first-order chi connectivity index (χ1) is 14.1. The molecule has 1 N–H and O–H groups in total. The summed E-state index contributed by atoms with van der Waals surface area (Å²) in [6.07, 6.45) is 3.71. The average molecular weight is 390 g/mol. The fourth-order valence-corrected chi connectivity index (χ4v) is 2.86. The van der Waals surface area contributed by atoms with Gasteiger partial charge in [-0.1, -0.05) is 42.5 Å². The molecule has 1 unspecified atom stereocenters. The quantitative estimate of drug-likeness (QED) is 0.493. The molecule has 2 aromatic carbocycles. The lowest BCUT2D eigenvalue weighted by Crippen LogP contribution is -2.35. The molecular weight excluding hydrogens is 368 g/mol. The summed E-state index contributed by atoms with van der Waals surface area (Å²) in [5.74, 6) is -0.300. The van der Waals surface area contributed by atoms with Crippen LogP contribution in [0.4, 0.5) is 0 Å². The molecule has 0 aliphatic carbocycles. The van der Waals surface area contributed by atoms with E-state index in [-0.39, 0.29) is 12.5 Å². The Morgan fingerprint density at radius 1 is 1.10 bits per heavy atom. The smallest absolute Gasteiger partial charge is 0.331 e. The van der Waals surface area contributed by atoms with Crippen LogP contribution in [0, 0.1) is 0 Å². The summed E-state index contributed by atoms with van der Waals surface area (Å²) in [5.41, 5.74) is 2.43. The summed E-state index contributed by atoms with van der Waals surface area (Å²) >= 11 is 0. The standard InChI is InChI=1S/C23H22N2O4/c1-16(23(27)25-15-19-7-3-4-11-20(19)28-2)29-21(26)13-12-18-9-5-8-17-10-6-14-24-22(17)18/h3-14,16H,15H2,1-2H3,(H,25,27). The molecule has 1 aromatic heterocycles. The number of para-hydroxylation sites is 2. The van der Waals surface area contributed by atoms with Gasteiger partial charge in [0.1, 0.15) is 5.75 Å². The van der Waals surface area contributed by atoms with Gasteiger partial charge in [-0.15, -0.1) is 0 Å². The second kappa shape index (κ2) is 9.50. The third kappa shape index (κ3) is 5.19. The van der Waals surface area contributed by atoms with Crippen molar-refractivity contribution in [3.05, 3.63) is 78.0 Å². The third-order valence-corrected chi connectivity index (χ3v) is 4.37. The number of methoxy groups -OCH3 is 1. The number of ether oxygens (including phenoxy) is 2. The zero-order chi connectivity index (χ0) is 20.6. The highest BCUT2D eigenvalue weighted by molar-refractivity contribution is 5.94. The summed E-state index contributed by atoms with van der Waals surface area (Å²) < 4.78 is 10.5. The van der Waals surface area contributed by atoms with E-state index in [0.717, 1.165) is 22.0 Å². The minimum atomic E-state index is -0.924. The zero-order valence-corrected chi connectivity index (χ0v) is 16.3. The van der Waals surface area contributed by atoms with Gasteiger partial charge in [0.2, 0.25) is 0 Å². The van der Waals surface area contributed by atoms with E-state index >= 15 is 0 Å². The van der Waals surface area contributed by atoms with Crippen LogP contribution in [0.25, 0.3) is 17.0 Å². The van der Waals surface area contributed by atoms with Gasteiger partial charge in [0.15, 0.2) is 6.10 Å². The summed E-state index contributed by atoms with van der Waals surface area (Å²) in [7, 11) is 1.57. The van der Waals surface area contributed by atoms with Crippen molar-refractivity contribution in [1.82, 2.24) is 10.3 Å². The number of aromatic nitrogens is 1. The van der Waals surface area contributed by atoms with Gasteiger partial charge in [0, 0.05) is 35.3 Å². The van der Waals surface area contributed by atoms with E-state index in [1.54, 1.807) is 19.4 Å². The van der Waals surface area contributed by atoms with Gasteiger partial charge in [-0.25, -0.2) is 4.79 Å². The molecule has 0 bridgehead atoms. The van der Waals surface area contributed by atoms with Gasteiger partial charge in [0.25, 0.3) is 5.91 Å². The molecule has 0 spiro atoms. The molecule has 148 valence electrons. The molecule has 0 saturated heterocycles. The lowest BCUT2D eigenvalue weighted by molar-refractivity contribution is -0.150. The van der Waals surface area contributed by atoms with Crippen LogP contribution in [0.15, 0.2) is 66.9 Å². The maximum atomic E-state index is 12.2. The van der Waals surface area contributed by atoms with Crippen LogP contribution in [0.3, 0.4) is 0 Å². The molecule has 6 heteroatoms. The van der Waals surface area contributed by atoms with E-state index in [4.69, 9.17) is 9.47 Å². The highest BCUT2D eigenvalue weighted by Crippen LogP contribution is 2.18. The zero-order valence-electron chi connectivity index (χ0n) is 16.3. The molecule has 3 rings (SSSR count). The summed E-state index contributed by atoms with van der Waals surface area (Å²) in [4.78, 5) is 28.7. The first-order valence-corrected chi connectivity index (χ1v) is 9.20. The Balaban J connectivity index is 1.57. The molecule has 3 aromatic rings. The topological polar surface area (TPSA) is 77.5 Å². The van der Waals surface area contributed by atoms with E-state index in [1.165, 1.54) is 13.0 Å². The Kier molecular flexibility index (Phi) is 6.58. The first-order valence-electron chi connectivity index (χ1n) is 9.20. The highest BCUT2D eigenvalue weighted by Gasteiger charge is 2.16. The van der Waals surface area contributed by atoms with Gasteiger partial charge >= 0.3 is 5.97 Å². The lowest BCUT2D eigenvalue weighted by atomic mass is 10.1. The lowest BCUT2D eigenvalue weighted by Gasteiger charge is -2.13. The number of fused-ring (bicyclic) bond motifs is 1. The predicted molar refractivity (Wildman–Crippen MR) is 111 cm³/mol. The minimum Gasteiger partial charge on any atom is -0.496 e. The molecule has 0 radical (unpaired) electrons. The number of carbonyl (C=O) groups is 2. The number of nitrogens with one attached hydrogen (secondary N) is 1. The summed E-state index contributed by atoms with van der Waals surface area (Å²) in [6.45, 7) is 1.81. The Hall–Kier alpha value is -3.67. The molecule has 0 aliphatic rings. The van der Waals surface area contributed by atoms with Crippen LogP contribution < -0.4 is 10.1 Å². The van der Waals surface area contributed by atoms with Crippen molar-refractivity contribution in [2.75, 3.05) is 7.11 Å². The number of pyridine rings is 1. The maximum Gasteiger partial charge on any atom is 0.331 e. The minimum absolute atomic E-state index is 0.280. The van der Waals surface area contributed by atoms with Crippen LogP contribution in [0.2, 0.25) is 0 Å². The van der Waals surface area contributed by atoms with Gasteiger partial charge in [-0.3, -0.25) is 9.78 Å². The Bertz CT molecular complexity index is 1040. The van der Waals surface area contributed by atoms with Crippen molar-refractivity contribution in [1.29, 1.82) is 0 Å². The van der Waals surface area contributed by atoms with Gasteiger partial charge in [-0.05, 0) is 25.1 Å². The molecule has 1 atom stereocenters. The van der Waals surface area contributed by atoms with Crippen molar-refractivity contribution in [3.8, 4) is 5.75 Å². The number of nitrogens with zero attached hydrogens (tertiary/aromatic N) is 1. The summed E-state index contributed by atoms with van der Waals surface area (Å²) in [6, 6.07) is 16.9. The van der Waals surface area contributed by atoms with Gasteiger partial charge in [-0.2, -0.15) is 0 Å². The number of amides is 1. The van der Waals surface area contributed by atoms with E-state index in [2.05, 4.69) is 10.3 Å². The van der Waals surface area contributed by atoms with E-state index < -0.39 is 12.1 Å². The van der Waals surface area contributed by atoms with Crippen molar-refractivity contribution < 1.29 is 19.1 Å². The molecule has 1 amide bonds. The number of esters is 1. The van der Waals surface area contributed by atoms with Crippen LogP contribution in [0.1, 0.15) is 18.1 Å². The fraction of sp³-hybridized carbons (Fsp3) is 0.174. The second-order valence-corrected chi connectivity index (χ2v) is 6.36. The molecule has 1 heterocycles. The number of hydrogen-bond acceptors (Lipinski definition) is 5. The molecule has 0 aliphatic heterocycles. The fourth-order valence-electron chi connectivity index (χ4n) is 2.86. The number of rotatable bonds is 7. The Morgan fingerprint density at radius 2 is 1.90 bits per heavy atom. The van der Waals surface area contributed by atoms with Gasteiger partial charge in [0.05, 0.1) is 12.6 Å². The van der Waals surface area contributed by atoms with E-state index in [9.17, 15) is 9.59 Å². The molecule has 6 nitrogen and oxygen atoms in total. The molecule has 0 saturated carbocycles. The van der Waals surface area contributed by atoms with Gasteiger partial charge < -0.3 is 14.8 Å². The predicted octanol–water partition coefficient (Wildman–Crippen LogP) is 3.50. The van der Waals surface area contributed by atoms with Crippen LogP contribution in [0.5, 0.6) is 5.75 Å². The highest BCUT2D eigenvalue weighted by atomic mass is 16.5. The number of benzene rings is 2. The van der Waals surface area contributed by atoms with Crippen molar-refractivity contribution in [3.63, 3.8) is 0 Å². The van der Waals surface area contributed by atoms with E-state index in [0.29, 0.717) is 5.75 Å². The normalized spacial score (nSPS) is 11.9. The van der Waals surface area contributed by atoms with Crippen molar-refractivity contribution >= 4 is 28.9 Å². The number of carbonyl (C=O) groups excluding carboxylic acids is 2. The van der Waals surface area contributed by atoms with Crippen LogP contribution >= 0.6 is 0 Å². The average Bonchev–Trinajstić information content (AvgIpc) is 2.76. The Labute approximate surface area is 169 Å². The second-order valence-electron chi connectivity index (χ2n) is 6.36. The monoisotopic (exact) mass is 390 g/mol. The largest absolute Gasteiger partial charge is 0.496 e. The third-order valence-electron chi connectivity index (χ3n) is 4.37. The molecule has 0 fully saturated rings. The molecule has 29 heavy (non-hydrogen) atoms. The Morgan fingerprint density at radius 3 is 2.72 bits per heavy atom. The van der Waals surface area contributed by atoms with Crippen molar-refractivity contribution in [2.45, 2.75) is 19.6 Å². The first kappa shape index (κ1) is 20.1. The van der Waals surface area contributed by atoms with E-state index in [1.807, 2.05) is 54.6 Å². The maximum absolute atomic E-state index is 12.2. The van der Waals surface area contributed by atoms with Crippen LogP contribution in [-0.4, -0.2) is 30.1 Å². The SMILES string of the molecule is COc1ccccc1CNC(=O)C(C)OC(=O)C=Cc1cccc2cccnc12. The van der Waals surface area contributed by atoms with Crippen molar-refractivity contribution in [2.24, 2.45) is 0 Å². The summed E-state index contributed by atoms with van der Waals surface area (Å²) in [5, 5.41) is 3.73. The molecular formula is C23H22N2O4. The number of hydrogen-bond donors (Lipinski definition) is 1. The van der Waals surface area contributed by atoms with Crippen LogP contribution in [-0.2, 0) is 20.9 Å².